The summed E-state index contributed by atoms with van der Waals surface area (Å²) in [7, 11) is 0. The molecule has 0 saturated carbocycles. The Balaban J connectivity index is 2.33. The van der Waals surface area contributed by atoms with Gasteiger partial charge in [0.05, 0.1) is 23.9 Å². The van der Waals surface area contributed by atoms with Gasteiger partial charge in [-0.25, -0.2) is 0 Å². The fourth-order valence-electron chi connectivity index (χ4n) is 2.26. The van der Waals surface area contributed by atoms with Crippen molar-refractivity contribution in [2.24, 2.45) is 0 Å². The van der Waals surface area contributed by atoms with Gasteiger partial charge in [-0.15, -0.1) is 0 Å². The summed E-state index contributed by atoms with van der Waals surface area (Å²) in [5, 5.41) is 9.63. The maximum atomic E-state index is 12.6. The Kier molecular flexibility index (Phi) is 3.38. The van der Waals surface area contributed by atoms with Crippen LogP contribution in [0.4, 0.5) is 13.2 Å². The van der Waals surface area contributed by atoms with Crippen molar-refractivity contribution in [3.63, 3.8) is 0 Å². The molecule has 1 heterocycles. The van der Waals surface area contributed by atoms with E-state index in [0.29, 0.717) is 25.0 Å². The fraction of sp³-hybridized carbons (Fsp3) is 0.538. The van der Waals surface area contributed by atoms with Gasteiger partial charge in [0.1, 0.15) is 0 Å². The summed E-state index contributed by atoms with van der Waals surface area (Å²) in [6, 6.07) is 5.10. The number of alkyl halides is 3. The molecule has 18 heavy (non-hydrogen) atoms. The molecule has 2 atom stereocenters. The number of halogens is 3. The van der Waals surface area contributed by atoms with Crippen LogP contribution < -0.4 is 0 Å². The highest BCUT2D eigenvalue weighted by molar-refractivity contribution is 5.30. The molecule has 0 aliphatic carbocycles. The van der Waals surface area contributed by atoms with Gasteiger partial charge in [0.25, 0.3) is 0 Å². The minimum atomic E-state index is -4.36. The Hall–Kier alpha value is -1.07. The van der Waals surface area contributed by atoms with E-state index in [2.05, 4.69) is 0 Å². The lowest BCUT2D eigenvalue weighted by Crippen LogP contribution is -2.37. The van der Waals surface area contributed by atoms with E-state index in [1.54, 1.807) is 13.0 Å². The zero-order chi connectivity index (χ0) is 13.4. The van der Waals surface area contributed by atoms with Crippen molar-refractivity contribution < 1.29 is 23.0 Å². The van der Waals surface area contributed by atoms with Crippen molar-refractivity contribution in [1.29, 1.82) is 0 Å². The van der Waals surface area contributed by atoms with Crippen molar-refractivity contribution in [3.8, 4) is 0 Å². The zero-order valence-electron chi connectivity index (χ0n) is 10.00. The fourth-order valence-corrected chi connectivity index (χ4v) is 2.26. The van der Waals surface area contributed by atoms with E-state index in [9.17, 15) is 18.3 Å². The molecule has 2 nitrogen and oxygen atoms in total. The van der Waals surface area contributed by atoms with E-state index >= 15 is 0 Å². The lowest BCUT2D eigenvalue weighted by atomic mass is 9.86. The van der Waals surface area contributed by atoms with E-state index in [4.69, 9.17) is 4.74 Å². The smallest absolute Gasteiger partial charge is 0.393 e. The molecule has 1 N–H and O–H groups in total. The van der Waals surface area contributed by atoms with Crippen LogP contribution in [0.25, 0.3) is 0 Å². The molecule has 0 bridgehead atoms. The Morgan fingerprint density at radius 1 is 1.39 bits per heavy atom. The number of rotatable bonds is 1. The van der Waals surface area contributed by atoms with Crippen LogP contribution in [-0.4, -0.2) is 17.8 Å². The second-order valence-corrected chi connectivity index (χ2v) is 4.80. The molecule has 0 radical (unpaired) electrons. The first-order valence-corrected chi connectivity index (χ1v) is 5.81. The van der Waals surface area contributed by atoms with E-state index in [-0.39, 0.29) is 0 Å². The summed E-state index contributed by atoms with van der Waals surface area (Å²) in [6.07, 6.45) is -4.05. The molecule has 1 aromatic carbocycles. The molecule has 2 rings (SSSR count). The predicted octanol–water partition coefficient (Wildman–Crippen LogP) is 3.09. The van der Waals surface area contributed by atoms with Gasteiger partial charge in [-0.1, -0.05) is 12.1 Å². The molecule has 0 amide bonds. The minimum absolute atomic E-state index is 0.314. The Labute approximate surface area is 103 Å². The average Bonchev–Trinajstić information content (AvgIpc) is 2.28. The van der Waals surface area contributed by atoms with Crippen LogP contribution in [0, 0.1) is 0 Å². The Morgan fingerprint density at radius 2 is 2.11 bits per heavy atom. The second kappa shape index (κ2) is 4.55. The van der Waals surface area contributed by atoms with Gasteiger partial charge in [0.2, 0.25) is 0 Å². The zero-order valence-corrected chi connectivity index (χ0v) is 10.00. The van der Waals surface area contributed by atoms with Crippen LogP contribution in [0.15, 0.2) is 24.3 Å². The van der Waals surface area contributed by atoms with Crippen molar-refractivity contribution in [2.75, 3.05) is 6.61 Å². The summed E-state index contributed by atoms with van der Waals surface area (Å²) >= 11 is 0. The van der Waals surface area contributed by atoms with Gasteiger partial charge in [-0.2, -0.15) is 13.2 Å². The summed E-state index contributed by atoms with van der Waals surface area (Å²) in [5.41, 5.74) is -1.08. The molecular weight excluding hydrogens is 245 g/mol. The normalized spacial score (nSPS) is 29.3. The highest BCUT2D eigenvalue weighted by Gasteiger charge is 2.37. The van der Waals surface area contributed by atoms with Crippen LogP contribution in [0.5, 0.6) is 0 Å². The van der Waals surface area contributed by atoms with Gasteiger partial charge in [-0.05, 0) is 31.0 Å². The summed E-state index contributed by atoms with van der Waals surface area (Å²) in [6.45, 7) is 2.07. The first kappa shape index (κ1) is 13.4. The topological polar surface area (TPSA) is 29.5 Å². The molecule has 1 fully saturated rings. The number of hydrogen-bond donors (Lipinski definition) is 1. The van der Waals surface area contributed by atoms with Crippen LogP contribution in [0.1, 0.15) is 30.9 Å². The molecular formula is C13H15F3O2. The van der Waals surface area contributed by atoms with Crippen LogP contribution in [-0.2, 0) is 16.5 Å². The monoisotopic (exact) mass is 260 g/mol. The number of aliphatic hydroxyl groups excluding tert-OH is 1. The molecule has 0 spiro atoms. The Bertz CT molecular complexity index is 430. The first-order valence-electron chi connectivity index (χ1n) is 5.81. The van der Waals surface area contributed by atoms with E-state index < -0.39 is 23.4 Å². The average molecular weight is 260 g/mol. The Morgan fingerprint density at radius 3 is 2.72 bits per heavy atom. The largest absolute Gasteiger partial charge is 0.416 e. The van der Waals surface area contributed by atoms with Crippen molar-refractivity contribution in [1.82, 2.24) is 0 Å². The van der Waals surface area contributed by atoms with Crippen LogP contribution >= 0.6 is 0 Å². The summed E-state index contributed by atoms with van der Waals surface area (Å²) < 4.78 is 43.5. The number of aliphatic hydroxyl groups is 1. The maximum Gasteiger partial charge on any atom is 0.416 e. The SMILES string of the molecule is CC1(c2cccc(C(F)(F)F)c2)CC(O)CCO1. The number of ether oxygens (including phenoxy) is 1. The van der Waals surface area contributed by atoms with Gasteiger partial charge < -0.3 is 9.84 Å². The third kappa shape index (κ3) is 2.67. The lowest BCUT2D eigenvalue weighted by molar-refractivity contribution is -0.138. The van der Waals surface area contributed by atoms with Crippen molar-refractivity contribution in [3.05, 3.63) is 35.4 Å². The van der Waals surface area contributed by atoms with Crippen molar-refractivity contribution >= 4 is 0 Å². The quantitative estimate of drug-likeness (QED) is 0.840. The first-order chi connectivity index (χ1) is 8.31. The maximum absolute atomic E-state index is 12.6. The highest BCUT2D eigenvalue weighted by atomic mass is 19.4. The second-order valence-electron chi connectivity index (χ2n) is 4.80. The van der Waals surface area contributed by atoms with E-state index in [0.717, 1.165) is 12.1 Å². The van der Waals surface area contributed by atoms with Gasteiger partial charge in [0.15, 0.2) is 0 Å². The molecule has 1 saturated heterocycles. The van der Waals surface area contributed by atoms with Gasteiger partial charge in [-0.3, -0.25) is 0 Å². The molecule has 100 valence electrons. The van der Waals surface area contributed by atoms with Crippen LogP contribution in [0.3, 0.4) is 0 Å². The van der Waals surface area contributed by atoms with E-state index in [1.165, 1.54) is 6.07 Å². The van der Waals surface area contributed by atoms with Crippen molar-refractivity contribution in [2.45, 2.75) is 37.6 Å². The standard InChI is InChI=1S/C13H15F3O2/c1-12(8-11(17)5-6-18-12)9-3-2-4-10(7-9)13(14,15)16/h2-4,7,11,17H,5-6,8H2,1H3. The third-order valence-electron chi connectivity index (χ3n) is 3.30. The summed E-state index contributed by atoms with van der Waals surface area (Å²) in [5.74, 6) is 0. The molecule has 0 aromatic heterocycles. The molecule has 5 heteroatoms. The third-order valence-corrected chi connectivity index (χ3v) is 3.30. The van der Waals surface area contributed by atoms with Gasteiger partial charge >= 0.3 is 6.18 Å². The number of hydrogen-bond acceptors (Lipinski definition) is 2. The molecule has 2 unspecified atom stereocenters. The molecule has 1 aliphatic rings. The molecule has 1 aromatic rings. The van der Waals surface area contributed by atoms with Gasteiger partial charge in [0, 0.05) is 6.42 Å². The molecule has 1 aliphatic heterocycles. The van der Waals surface area contributed by atoms with E-state index in [1.807, 2.05) is 0 Å². The predicted molar refractivity (Wildman–Crippen MR) is 60.0 cm³/mol. The number of benzene rings is 1. The lowest BCUT2D eigenvalue weighted by Gasteiger charge is -2.37. The summed E-state index contributed by atoms with van der Waals surface area (Å²) in [4.78, 5) is 0. The minimum Gasteiger partial charge on any atom is -0.393 e. The van der Waals surface area contributed by atoms with Crippen LogP contribution in [0.2, 0.25) is 0 Å². The highest BCUT2D eigenvalue weighted by Crippen LogP contribution is 2.37.